The fourth-order valence-corrected chi connectivity index (χ4v) is 2.89. The molecule has 20 heavy (non-hydrogen) atoms. The van der Waals surface area contributed by atoms with Crippen LogP contribution in [-0.4, -0.2) is 25.2 Å². The Morgan fingerprint density at radius 3 is 2.70 bits per heavy atom. The molecule has 1 heterocycles. The molecule has 0 radical (unpaired) electrons. The SMILES string of the molecule is O=C(NC[C@@H]1COc2ccccc2O1)C1CCCCC1. The number of benzene rings is 1. The summed E-state index contributed by atoms with van der Waals surface area (Å²) in [6.45, 7) is 1.01. The third-order valence-corrected chi connectivity index (χ3v) is 4.05. The van der Waals surface area contributed by atoms with E-state index in [9.17, 15) is 4.79 Å². The zero-order chi connectivity index (χ0) is 13.8. The summed E-state index contributed by atoms with van der Waals surface area (Å²) in [6.07, 6.45) is 5.56. The molecule has 0 aromatic heterocycles. The van der Waals surface area contributed by atoms with Crippen LogP contribution in [0.1, 0.15) is 32.1 Å². The highest BCUT2D eigenvalue weighted by Crippen LogP contribution is 2.30. The number of hydrogen-bond acceptors (Lipinski definition) is 3. The summed E-state index contributed by atoms with van der Waals surface area (Å²) in [6, 6.07) is 7.63. The second-order valence-corrected chi connectivity index (χ2v) is 5.58. The predicted molar refractivity (Wildman–Crippen MR) is 75.9 cm³/mol. The summed E-state index contributed by atoms with van der Waals surface area (Å²) in [5.74, 6) is 1.91. The predicted octanol–water partition coefficient (Wildman–Crippen LogP) is 2.52. The second kappa shape index (κ2) is 6.16. The van der Waals surface area contributed by atoms with Gasteiger partial charge in [-0.05, 0) is 25.0 Å². The zero-order valence-corrected chi connectivity index (χ0v) is 11.6. The first-order valence-corrected chi connectivity index (χ1v) is 7.49. The van der Waals surface area contributed by atoms with Gasteiger partial charge < -0.3 is 14.8 Å². The molecule has 108 valence electrons. The summed E-state index contributed by atoms with van der Waals surface area (Å²) in [5, 5.41) is 3.01. The largest absolute Gasteiger partial charge is 0.486 e. The van der Waals surface area contributed by atoms with Crippen LogP contribution in [0.25, 0.3) is 0 Å². The van der Waals surface area contributed by atoms with Crippen LogP contribution in [0.2, 0.25) is 0 Å². The Morgan fingerprint density at radius 1 is 1.15 bits per heavy atom. The van der Waals surface area contributed by atoms with E-state index in [1.807, 2.05) is 24.3 Å². The van der Waals surface area contributed by atoms with Crippen LogP contribution in [0.15, 0.2) is 24.3 Å². The summed E-state index contributed by atoms with van der Waals surface area (Å²) in [5.41, 5.74) is 0. The van der Waals surface area contributed by atoms with E-state index in [0.29, 0.717) is 13.2 Å². The standard InChI is InChI=1S/C16H21NO3/c18-16(12-6-2-1-3-7-12)17-10-13-11-19-14-8-4-5-9-15(14)20-13/h4-5,8-9,12-13H,1-3,6-7,10-11H2,(H,17,18)/t13-/m1/s1. The van der Waals surface area contributed by atoms with E-state index in [0.717, 1.165) is 24.3 Å². The lowest BCUT2D eigenvalue weighted by Gasteiger charge is -2.27. The number of nitrogens with one attached hydrogen (secondary N) is 1. The van der Waals surface area contributed by atoms with E-state index in [2.05, 4.69) is 5.32 Å². The van der Waals surface area contributed by atoms with Gasteiger partial charge in [-0.2, -0.15) is 0 Å². The first-order chi connectivity index (χ1) is 9.83. The van der Waals surface area contributed by atoms with Crippen molar-refractivity contribution < 1.29 is 14.3 Å². The van der Waals surface area contributed by atoms with E-state index in [1.165, 1.54) is 19.3 Å². The average Bonchev–Trinajstić information content (AvgIpc) is 2.53. The van der Waals surface area contributed by atoms with Gasteiger partial charge in [0.15, 0.2) is 11.5 Å². The van der Waals surface area contributed by atoms with E-state index in [-0.39, 0.29) is 17.9 Å². The van der Waals surface area contributed by atoms with Crippen LogP contribution in [0, 0.1) is 5.92 Å². The first kappa shape index (κ1) is 13.3. The van der Waals surface area contributed by atoms with Gasteiger partial charge in [-0.3, -0.25) is 4.79 Å². The van der Waals surface area contributed by atoms with Gasteiger partial charge in [-0.25, -0.2) is 0 Å². The van der Waals surface area contributed by atoms with Crippen molar-refractivity contribution in [2.45, 2.75) is 38.2 Å². The topological polar surface area (TPSA) is 47.6 Å². The molecule has 1 aliphatic carbocycles. The summed E-state index contributed by atoms with van der Waals surface area (Å²) >= 11 is 0. The number of hydrogen-bond donors (Lipinski definition) is 1. The van der Waals surface area contributed by atoms with Gasteiger partial charge in [0.05, 0.1) is 6.54 Å². The highest BCUT2D eigenvalue weighted by molar-refractivity contribution is 5.78. The fourth-order valence-electron chi connectivity index (χ4n) is 2.89. The molecule has 0 saturated heterocycles. The highest BCUT2D eigenvalue weighted by Gasteiger charge is 2.24. The molecule has 1 aromatic carbocycles. The lowest BCUT2D eigenvalue weighted by molar-refractivity contribution is -0.126. The van der Waals surface area contributed by atoms with Crippen LogP contribution in [0.3, 0.4) is 0 Å². The third kappa shape index (κ3) is 3.06. The lowest BCUT2D eigenvalue weighted by Crippen LogP contribution is -2.43. The Hall–Kier alpha value is -1.71. The number of rotatable bonds is 3. The van der Waals surface area contributed by atoms with Gasteiger partial charge in [0, 0.05) is 5.92 Å². The van der Waals surface area contributed by atoms with Gasteiger partial charge in [-0.15, -0.1) is 0 Å². The number of para-hydroxylation sites is 2. The second-order valence-electron chi connectivity index (χ2n) is 5.58. The molecule has 1 atom stereocenters. The quantitative estimate of drug-likeness (QED) is 0.922. The molecule has 4 nitrogen and oxygen atoms in total. The first-order valence-electron chi connectivity index (χ1n) is 7.49. The minimum Gasteiger partial charge on any atom is -0.486 e. The highest BCUT2D eigenvalue weighted by atomic mass is 16.6. The monoisotopic (exact) mass is 275 g/mol. The van der Waals surface area contributed by atoms with Crippen LogP contribution < -0.4 is 14.8 Å². The molecule has 1 amide bonds. The maximum atomic E-state index is 12.1. The molecule has 2 aliphatic rings. The van der Waals surface area contributed by atoms with Crippen LogP contribution in [-0.2, 0) is 4.79 Å². The van der Waals surface area contributed by atoms with Gasteiger partial charge in [0.1, 0.15) is 12.7 Å². The van der Waals surface area contributed by atoms with E-state index in [1.54, 1.807) is 0 Å². The maximum Gasteiger partial charge on any atom is 0.223 e. The van der Waals surface area contributed by atoms with Crippen molar-refractivity contribution in [1.82, 2.24) is 5.32 Å². The molecule has 1 N–H and O–H groups in total. The molecule has 1 aromatic rings. The molecule has 3 rings (SSSR count). The summed E-state index contributed by atoms with van der Waals surface area (Å²) in [4.78, 5) is 12.1. The Morgan fingerprint density at radius 2 is 1.90 bits per heavy atom. The number of ether oxygens (including phenoxy) is 2. The third-order valence-electron chi connectivity index (χ3n) is 4.05. The Labute approximate surface area is 119 Å². The van der Waals surface area contributed by atoms with Crippen molar-refractivity contribution in [1.29, 1.82) is 0 Å². The lowest BCUT2D eigenvalue weighted by atomic mass is 9.88. The number of fused-ring (bicyclic) bond motifs is 1. The van der Waals surface area contributed by atoms with Gasteiger partial charge in [0.25, 0.3) is 0 Å². The Balaban J connectivity index is 1.49. The van der Waals surface area contributed by atoms with Gasteiger partial charge in [-0.1, -0.05) is 31.4 Å². The number of carbonyl (C=O) groups excluding carboxylic acids is 1. The smallest absolute Gasteiger partial charge is 0.223 e. The number of amides is 1. The van der Waals surface area contributed by atoms with Crippen LogP contribution in [0.5, 0.6) is 11.5 Å². The van der Waals surface area contributed by atoms with Crippen molar-refractivity contribution in [3.8, 4) is 11.5 Å². The van der Waals surface area contributed by atoms with Crippen LogP contribution >= 0.6 is 0 Å². The Bertz CT molecular complexity index is 469. The van der Waals surface area contributed by atoms with Crippen molar-refractivity contribution >= 4 is 5.91 Å². The van der Waals surface area contributed by atoms with Crippen molar-refractivity contribution in [3.63, 3.8) is 0 Å². The maximum absolute atomic E-state index is 12.1. The minimum absolute atomic E-state index is 0.0996. The molecular formula is C16H21NO3. The molecule has 1 fully saturated rings. The molecular weight excluding hydrogens is 254 g/mol. The molecule has 0 spiro atoms. The normalized spacial score (nSPS) is 22.3. The van der Waals surface area contributed by atoms with Gasteiger partial charge >= 0.3 is 0 Å². The number of carbonyl (C=O) groups is 1. The van der Waals surface area contributed by atoms with E-state index in [4.69, 9.17) is 9.47 Å². The van der Waals surface area contributed by atoms with E-state index < -0.39 is 0 Å². The molecule has 1 aliphatic heterocycles. The van der Waals surface area contributed by atoms with Crippen molar-refractivity contribution in [2.24, 2.45) is 5.92 Å². The van der Waals surface area contributed by atoms with E-state index >= 15 is 0 Å². The average molecular weight is 275 g/mol. The molecule has 0 bridgehead atoms. The fraction of sp³-hybridized carbons (Fsp3) is 0.562. The van der Waals surface area contributed by atoms with Gasteiger partial charge in [0.2, 0.25) is 5.91 Å². The molecule has 1 saturated carbocycles. The van der Waals surface area contributed by atoms with Crippen molar-refractivity contribution in [3.05, 3.63) is 24.3 Å². The molecule has 4 heteroatoms. The molecule has 0 unspecified atom stereocenters. The summed E-state index contributed by atoms with van der Waals surface area (Å²) < 4.78 is 11.5. The van der Waals surface area contributed by atoms with Crippen molar-refractivity contribution in [2.75, 3.05) is 13.2 Å². The zero-order valence-electron chi connectivity index (χ0n) is 11.6. The minimum atomic E-state index is -0.0996. The summed E-state index contributed by atoms with van der Waals surface area (Å²) in [7, 11) is 0. The van der Waals surface area contributed by atoms with Crippen LogP contribution in [0.4, 0.5) is 0 Å². The Kier molecular flexibility index (Phi) is 4.09.